The highest BCUT2D eigenvalue weighted by Crippen LogP contribution is 2.29. The van der Waals surface area contributed by atoms with Gasteiger partial charge in [-0.25, -0.2) is 4.98 Å². The summed E-state index contributed by atoms with van der Waals surface area (Å²) in [5, 5.41) is 0.384. The zero-order valence-electron chi connectivity index (χ0n) is 7.72. The number of hydrogen-bond donors (Lipinski definition) is 0. The SMILES string of the molecule is FC(F)(F)c1cccc(SCCCCl)n1. The summed E-state index contributed by atoms with van der Waals surface area (Å²) >= 11 is 6.74. The van der Waals surface area contributed by atoms with Crippen LogP contribution in [0.2, 0.25) is 0 Å². The van der Waals surface area contributed by atoms with Crippen molar-refractivity contribution >= 4 is 23.4 Å². The average molecular weight is 256 g/mol. The Morgan fingerprint density at radius 3 is 2.67 bits per heavy atom. The van der Waals surface area contributed by atoms with Gasteiger partial charge >= 0.3 is 6.18 Å². The third kappa shape index (κ3) is 4.30. The van der Waals surface area contributed by atoms with Crippen molar-refractivity contribution in [1.82, 2.24) is 4.98 Å². The highest BCUT2D eigenvalue weighted by molar-refractivity contribution is 7.99. The number of rotatable bonds is 4. The number of pyridine rings is 1. The lowest BCUT2D eigenvalue weighted by Crippen LogP contribution is -2.07. The highest BCUT2D eigenvalue weighted by atomic mass is 35.5. The Kier molecular flexibility index (Phi) is 4.73. The van der Waals surface area contributed by atoms with E-state index in [0.717, 1.165) is 12.5 Å². The highest BCUT2D eigenvalue weighted by Gasteiger charge is 2.32. The van der Waals surface area contributed by atoms with Gasteiger partial charge in [-0.3, -0.25) is 0 Å². The summed E-state index contributed by atoms with van der Waals surface area (Å²) in [6, 6.07) is 3.89. The third-order valence-electron chi connectivity index (χ3n) is 1.54. The van der Waals surface area contributed by atoms with Crippen molar-refractivity contribution in [2.45, 2.75) is 17.6 Å². The van der Waals surface area contributed by atoms with Crippen molar-refractivity contribution in [3.63, 3.8) is 0 Å². The molecule has 15 heavy (non-hydrogen) atoms. The number of thioether (sulfide) groups is 1. The second-order valence-electron chi connectivity index (χ2n) is 2.75. The molecule has 1 nitrogen and oxygen atoms in total. The van der Waals surface area contributed by atoms with Gasteiger partial charge in [0.2, 0.25) is 0 Å². The van der Waals surface area contributed by atoms with Gasteiger partial charge in [-0.15, -0.1) is 23.4 Å². The number of hydrogen-bond acceptors (Lipinski definition) is 2. The molecule has 0 radical (unpaired) electrons. The van der Waals surface area contributed by atoms with E-state index in [1.807, 2.05) is 0 Å². The van der Waals surface area contributed by atoms with E-state index in [1.165, 1.54) is 17.8 Å². The average Bonchev–Trinajstić information content (AvgIpc) is 2.17. The largest absolute Gasteiger partial charge is 0.433 e. The molecule has 0 aromatic carbocycles. The normalized spacial score (nSPS) is 11.7. The van der Waals surface area contributed by atoms with Crippen LogP contribution in [-0.4, -0.2) is 16.6 Å². The summed E-state index contributed by atoms with van der Waals surface area (Å²) < 4.78 is 36.8. The number of nitrogens with zero attached hydrogens (tertiary/aromatic N) is 1. The number of alkyl halides is 4. The number of halogens is 4. The van der Waals surface area contributed by atoms with E-state index in [9.17, 15) is 13.2 Å². The Bertz CT molecular complexity index is 316. The van der Waals surface area contributed by atoms with Gasteiger partial charge < -0.3 is 0 Å². The van der Waals surface area contributed by atoms with Crippen molar-refractivity contribution in [2.24, 2.45) is 0 Å². The van der Waals surface area contributed by atoms with Crippen molar-refractivity contribution < 1.29 is 13.2 Å². The minimum atomic E-state index is -4.37. The molecule has 0 aliphatic rings. The van der Waals surface area contributed by atoms with Crippen LogP contribution in [0.15, 0.2) is 23.2 Å². The van der Waals surface area contributed by atoms with E-state index in [2.05, 4.69) is 4.98 Å². The molecule has 0 aliphatic heterocycles. The predicted octanol–water partition coefficient (Wildman–Crippen LogP) is 3.82. The van der Waals surface area contributed by atoms with Crippen LogP contribution in [0.25, 0.3) is 0 Å². The van der Waals surface area contributed by atoms with Gasteiger partial charge in [0.1, 0.15) is 5.69 Å². The molecule has 0 atom stereocenters. The molecule has 0 saturated carbocycles. The molecule has 84 valence electrons. The fourth-order valence-electron chi connectivity index (χ4n) is 0.884. The maximum Gasteiger partial charge on any atom is 0.433 e. The Balaban J connectivity index is 2.66. The smallest absolute Gasteiger partial charge is 0.237 e. The fraction of sp³-hybridized carbons (Fsp3) is 0.444. The van der Waals surface area contributed by atoms with Crippen LogP contribution in [0.3, 0.4) is 0 Å². The predicted molar refractivity (Wildman–Crippen MR) is 55.3 cm³/mol. The molecule has 0 amide bonds. The molecule has 0 bridgehead atoms. The summed E-state index contributed by atoms with van der Waals surface area (Å²) in [5.74, 6) is 1.18. The van der Waals surface area contributed by atoms with Gasteiger partial charge in [-0.05, 0) is 18.6 Å². The van der Waals surface area contributed by atoms with Crippen molar-refractivity contribution in [2.75, 3.05) is 11.6 Å². The van der Waals surface area contributed by atoms with E-state index >= 15 is 0 Å². The van der Waals surface area contributed by atoms with E-state index in [1.54, 1.807) is 6.07 Å². The molecule has 0 fully saturated rings. The molecule has 0 unspecified atom stereocenters. The molecule has 6 heteroatoms. The molecule has 0 spiro atoms. The molecular weight excluding hydrogens is 247 g/mol. The zero-order chi connectivity index (χ0) is 11.3. The standard InChI is InChI=1S/C9H9ClF3NS/c10-5-2-6-15-8-4-1-3-7(14-8)9(11,12)13/h1,3-4H,2,5-6H2. The molecular formula is C9H9ClF3NS. The molecule has 1 aromatic rings. The van der Waals surface area contributed by atoms with Crippen molar-refractivity contribution in [3.8, 4) is 0 Å². The maximum absolute atomic E-state index is 12.3. The molecule has 1 rings (SSSR count). The Morgan fingerprint density at radius 2 is 2.07 bits per heavy atom. The van der Waals surface area contributed by atoms with Gasteiger partial charge in [-0.1, -0.05) is 6.07 Å². The minimum Gasteiger partial charge on any atom is -0.237 e. The van der Waals surface area contributed by atoms with E-state index < -0.39 is 11.9 Å². The third-order valence-corrected chi connectivity index (χ3v) is 2.83. The Hall–Kier alpha value is -0.420. The first-order valence-electron chi connectivity index (χ1n) is 4.27. The van der Waals surface area contributed by atoms with Gasteiger partial charge in [0.25, 0.3) is 0 Å². The van der Waals surface area contributed by atoms with E-state index in [0.29, 0.717) is 16.7 Å². The van der Waals surface area contributed by atoms with Crippen molar-refractivity contribution in [1.29, 1.82) is 0 Å². The molecule has 1 heterocycles. The molecule has 0 N–H and O–H groups in total. The topological polar surface area (TPSA) is 12.9 Å². The first kappa shape index (κ1) is 12.6. The monoisotopic (exact) mass is 255 g/mol. The Morgan fingerprint density at radius 1 is 1.33 bits per heavy atom. The summed E-state index contributed by atoms with van der Waals surface area (Å²) in [4.78, 5) is 3.51. The maximum atomic E-state index is 12.3. The summed E-state index contributed by atoms with van der Waals surface area (Å²) in [6.07, 6.45) is -3.62. The van der Waals surface area contributed by atoms with Gasteiger partial charge in [0.15, 0.2) is 0 Å². The minimum absolute atomic E-state index is 0.384. The molecule has 0 aliphatic carbocycles. The second-order valence-corrected chi connectivity index (χ2v) is 4.24. The second kappa shape index (κ2) is 5.61. The van der Waals surface area contributed by atoms with E-state index in [4.69, 9.17) is 11.6 Å². The van der Waals surface area contributed by atoms with Crippen LogP contribution >= 0.6 is 23.4 Å². The summed E-state index contributed by atoms with van der Waals surface area (Å²) in [7, 11) is 0. The summed E-state index contributed by atoms with van der Waals surface area (Å²) in [6.45, 7) is 0. The van der Waals surface area contributed by atoms with Crippen LogP contribution in [-0.2, 0) is 6.18 Å². The molecule has 1 aromatic heterocycles. The van der Waals surface area contributed by atoms with Crippen LogP contribution in [0.1, 0.15) is 12.1 Å². The van der Waals surface area contributed by atoms with Crippen LogP contribution < -0.4 is 0 Å². The Labute approximate surface area is 95.0 Å². The van der Waals surface area contributed by atoms with Crippen molar-refractivity contribution in [3.05, 3.63) is 23.9 Å². The zero-order valence-corrected chi connectivity index (χ0v) is 9.29. The van der Waals surface area contributed by atoms with E-state index in [-0.39, 0.29) is 0 Å². The van der Waals surface area contributed by atoms with Gasteiger partial charge in [0, 0.05) is 11.6 Å². The lowest BCUT2D eigenvalue weighted by molar-refractivity contribution is -0.141. The lowest BCUT2D eigenvalue weighted by Gasteiger charge is -2.06. The lowest BCUT2D eigenvalue weighted by atomic mass is 10.3. The molecule has 0 saturated heterocycles. The van der Waals surface area contributed by atoms with Gasteiger partial charge in [-0.2, -0.15) is 13.2 Å². The fourth-order valence-corrected chi connectivity index (χ4v) is 2.01. The summed E-state index contributed by atoms with van der Waals surface area (Å²) in [5.41, 5.74) is -0.849. The van der Waals surface area contributed by atoms with Crippen LogP contribution in [0.4, 0.5) is 13.2 Å². The van der Waals surface area contributed by atoms with Crippen LogP contribution in [0, 0.1) is 0 Å². The quantitative estimate of drug-likeness (QED) is 0.461. The van der Waals surface area contributed by atoms with Crippen LogP contribution in [0.5, 0.6) is 0 Å². The number of aromatic nitrogens is 1. The first-order chi connectivity index (χ1) is 7.04. The first-order valence-corrected chi connectivity index (χ1v) is 5.79. The van der Waals surface area contributed by atoms with Gasteiger partial charge in [0.05, 0.1) is 5.03 Å².